The van der Waals surface area contributed by atoms with Gasteiger partial charge in [-0.25, -0.2) is 9.78 Å². The van der Waals surface area contributed by atoms with Crippen molar-refractivity contribution in [1.82, 2.24) is 9.88 Å². The smallest absolute Gasteiger partial charge is 0.410 e. The number of nitrogens with zero attached hydrogens (tertiary/aromatic N) is 2. The van der Waals surface area contributed by atoms with Crippen LogP contribution >= 0.6 is 11.3 Å². The minimum atomic E-state index is -0.479. The summed E-state index contributed by atoms with van der Waals surface area (Å²) in [6.07, 6.45) is 2.33. The third-order valence-corrected chi connectivity index (χ3v) is 5.72. The second-order valence-corrected chi connectivity index (χ2v) is 9.28. The van der Waals surface area contributed by atoms with E-state index in [-0.39, 0.29) is 12.1 Å². The van der Waals surface area contributed by atoms with Crippen molar-refractivity contribution in [2.24, 2.45) is 5.92 Å². The molecule has 1 aromatic heterocycles. The average molecular weight is 405 g/mol. The Morgan fingerprint density at radius 1 is 1.21 bits per heavy atom. The quantitative estimate of drug-likeness (QED) is 0.690. The van der Waals surface area contributed by atoms with Crippen molar-refractivity contribution in [2.45, 2.75) is 52.1 Å². The number of hydrogen-bond donors (Lipinski definition) is 0. The van der Waals surface area contributed by atoms with Crippen LogP contribution in [0.3, 0.4) is 0 Å². The molecule has 1 aliphatic heterocycles. The molecule has 0 spiro atoms. The van der Waals surface area contributed by atoms with Crippen LogP contribution in [0.2, 0.25) is 0 Å². The number of rotatable bonds is 5. The molecule has 0 saturated carbocycles. The van der Waals surface area contributed by atoms with E-state index in [0.717, 1.165) is 28.1 Å². The molecule has 0 aliphatic carbocycles. The highest BCUT2D eigenvalue weighted by atomic mass is 32.1. The number of aromatic nitrogens is 1. The molecule has 0 atom stereocenters. The molecule has 28 heavy (non-hydrogen) atoms. The summed E-state index contributed by atoms with van der Waals surface area (Å²) >= 11 is 1.62. The van der Waals surface area contributed by atoms with E-state index in [2.05, 4.69) is 4.98 Å². The Kier molecular flexibility index (Phi) is 6.54. The van der Waals surface area contributed by atoms with E-state index in [1.165, 1.54) is 0 Å². The van der Waals surface area contributed by atoms with Crippen LogP contribution in [0.15, 0.2) is 24.3 Å². The number of hydrogen-bond acceptors (Lipinski definition) is 6. The van der Waals surface area contributed by atoms with Crippen LogP contribution in [-0.2, 0) is 20.7 Å². The second kappa shape index (κ2) is 8.90. The van der Waals surface area contributed by atoms with Crippen molar-refractivity contribution in [1.29, 1.82) is 0 Å². The maximum absolute atomic E-state index is 12.1. The Morgan fingerprint density at radius 2 is 1.93 bits per heavy atom. The number of carbonyl (C=O) groups excluding carboxylic acids is 2. The van der Waals surface area contributed by atoms with E-state index >= 15 is 0 Å². The van der Waals surface area contributed by atoms with Crippen LogP contribution < -0.4 is 0 Å². The number of para-hydroxylation sites is 1. The molecule has 2 aromatic rings. The first kappa shape index (κ1) is 20.6. The van der Waals surface area contributed by atoms with Crippen LogP contribution in [0.5, 0.6) is 0 Å². The number of aryl methyl sites for hydroxylation is 1. The molecule has 0 unspecified atom stereocenters. The molecule has 3 rings (SSSR count). The summed E-state index contributed by atoms with van der Waals surface area (Å²) in [5.41, 5.74) is 0.500. The number of piperidine rings is 1. The predicted octanol–water partition coefficient (Wildman–Crippen LogP) is 4.42. The van der Waals surface area contributed by atoms with Gasteiger partial charge in [0.2, 0.25) is 0 Å². The molecule has 2 heterocycles. The van der Waals surface area contributed by atoms with Gasteiger partial charge >= 0.3 is 12.1 Å². The van der Waals surface area contributed by atoms with E-state index in [0.29, 0.717) is 38.5 Å². The largest absolute Gasteiger partial charge is 0.465 e. The molecule has 152 valence electrons. The molecule has 0 bridgehead atoms. The monoisotopic (exact) mass is 404 g/mol. The summed E-state index contributed by atoms with van der Waals surface area (Å²) in [5, 5.41) is 0.962. The third-order valence-electron chi connectivity index (χ3n) is 4.63. The van der Waals surface area contributed by atoms with Gasteiger partial charge in [0.25, 0.3) is 0 Å². The lowest BCUT2D eigenvalue weighted by atomic mass is 9.98. The molecule has 1 saturated heterocycles. The fourth-order valence-electron chi connectivity index (χ4n) is 3.13. The van der Waals surface area contributed by atoms with Gasteiger partial charge in [-0.15, -0.1) is 11.3 Å². The number of carbonyl (C=O) groups is 2. The molecular formula is C21H28N2O4S. The van der Waals surface area contributed by atoms with Crippen molar-refractivity contribution >= 4 is 33.6 Å². The molecule has 1 aliphatic rings. The summed E-state index contributed by atoms with van der Waals surface area (Å²) in [6, 6.07) is 7.98. The highest BCUT2D eigenvalue weighted by molar-refractivity contribution is 7.18. The zero-order chi connectivity index (χ0) is 20.1. The van der Waals surface area contributed by atoms with Crippen molar-refractivity contribution < 1.29 is 19.1 Å². The lowest BCUT2D eigenvalue weighted by molar-refractivity contribution is -0.145. The molecule has 1 fully saturated rings. The van der Waals surface area contributed by atoms with Crippen molar-refractivity contribution in [3.63, 3.8) is 0 Å². The average Bonchev–Trinajstić information content (AvgIpc) is 3.07. The van der Waals surface area contributed by atoms with Crippen molar-refractivity contribution in [3.05, 3.63) is 29.3 Å². The summed E-state index contributed by atoms with van der Waals surface area (Å²) in [4.78, 5) is 30.4. The number of ether oxygens (including phenoxy) is 2. The Hall–Kier alpha value is -2.15. The van der Waals surface area contributed by atoms with Gasteiger partial charge in [-0.2, -0.15) is 0 Å². The summed E-state index contributed by atoms with van der Waals surface area (Å²) in [5.74, 6) is 0.110. The second-order valence-electron chi connectivity index (χ2n) is 8.17. The van der Waals surface area contributed by atoms with Crippen LogP contribution in [0.1, 0.15) is 45.0 Å². The van der Waals surface area contributed by atoms with Gasteiger partial charge in [-0.1, -0.05) is 12.1 Å². The van der Waals surface area contributed by atoms with Gasteiger partial charge in [-0.3, -0.25) is 4.79 Å². The number of esters is 1. The van der Waals surface area contributed by atoms with Gasteiger partial charge in [0.05, 0.1) is 28.3 Å². The number of benzene rings is 1. The number of fused-ring (bicyclic) bond motifs is 1. The molecule has 7 heteroatoms. The van der Waals surface area contributed by atoms with E-state index in [1.54, 1.807) is 16.2 Å². The van der Waals surface area contributed by atoms with E-state index in [1.807, 2.05) is 45.0 Å². The first-order valence-electron chi connectivity index (χ1n) is 9.78. The first-order valence-corrected chi connectivity index (χ1v) is 10.6. The van der Waals surface area contributed by atoms with Crippen LogP contribution in [0.4, 0.5) is 4.79 Å². The topological polar surface area (TPSA) is 68.7 Å². The first-order chi connectivity index (χ1) is 13.3. The Morgan fingerprint density at radius 3 is 2.61 bits per heavy atom. The zero-order valence-electron chi connectivity index (χ0n) is 16.8. The summed E-state index contributed by atoms with van der Waals surface area (Å²) in [6.45, 7) is 7.30. The van der Waals surface area contributed by atoms with Gasteiger partial charge in [0, 0.05) is 19.5 Å². The van der Waals surface area contributed by atoms with Gasteiger partial charge in [-0.05, 0) is 51.7 Å². The Balaban J connectivity index is 1.35. The van der Waals surface area contributed by atoms with Crippen LogP contribution in [-0.4, -0.2) is 47.2 Å². The molecule has 0 N–H and O–H groups in total. The minimum absolute atomic E-state index is 0.186. The summed E-state index contributed by atoms with van der Waals surface area (Å²) in [7, 11) is 0. The molecule has 6 nitrogen and oxygen atoms in total. The van der Waals surface area contributed by atoms with Gasteiger partial charge in [0.1, 0.15) is 5.60 Å². The molecule has 0 radical (unpaired) electrons. The normalized spacial score (nSPS) is 15.6. The van der Waals surface area contributed by atoms with Gasteiger partial charge in [0.15, 0.2) is 0 Å². The molecular weight excluding hydrogens is 376 g/mol. The third kappa shape index (κ3) is 5.92. The molecule has 1 aromatic carbocycles. The standard InChI is InChI=1S/C21H28N2O4S/c1-21(2,3)27-20(25)23-12-10-15(11-13-23)14-26-19(24)9-8-18-22-16-6-4-5-7-17(16)28-18/h4-7,15H,8-14H2,1-3H3. The Labute approximate surface area is 169 Å². The SMILES string of the molecule is CC(C)(C)OC(=O)N1CCC(COC(=O)CCc2nc3ccccc3s2)CC1. The minimum Gasteiger partial charge on any atom is -0.465 e. The highest BCUT2D eigenvalue weighted by Gasteiger charge is 2.27. The van der Waals surface area contributed by atoms with Crippen LogP contribution in [0, 0.1) is 5.92 Å². The van der Waals surface area contributed by atoms with E-state index in [4.69, 9.17) is 9.47 Å². The highest BCUT2D eigenvalue weighted by Crippen LogP contribution is 2.23. The van der Waals surface area contributed by atoms with E-state index < -0.39 is 5.60 Å². The maximum Gasteiger partial charge on any atom is 0.410 e. The lowest BCUT2D eigenvalue weighted by Crippen LogP contribution is -2.42. The van der Waals surface area contributed by atoms with Crippen molar-refractivity contribution in [3.8, 4) is 0 Å². The molecule has 1 amide bonds. The zero-order valence-corrected chi connectivity index (χ0v) is 17.6. The maximum atomic E-state index is 12.1. The van der Waals surface area contributed by atoms with Crippen molar-refractivity contribution in [2.75, 3.05) is 19.7 Å². The number of likely N-dealkylation sites (tertiary alicyclic amines) is 1. The number of amides is 1. The summed E-state index contributed by atoms with van der Waals surface area (Å²) < 4.78 is 12.0. The van der Waals surface area contributed by atoms with Crippen LogP contribution in [0.25, 0.3) is 10.2 Å². The number of thiazole rings is 1. The van der Waals surface area contributed by atoms with E-state index in [9.17, 15) is 9.59 Å². The fourth-order valence-corrected chi connectivity index (χ4v) is 4.09. The fraction of sp³-hybridized carbons (Fsp3) is 0.571. The predicted molar refractivity (Wildman–Crippen MR) is 109 cm³/mol. The van der Waals surface area contributed by atoms with Gasteiger partial charge < -0.3 is 14.4 Å². The lowest BCUT2D eigenvalue weighted by Gasteiger charge is -2.33. The Bertz CT molecular complexity index is 786.